The van der Waals surface area contributed by atoms with Crippen molar-refractivity contribution in [3.05, 3.63) is 35.8 Å². The molecule has 3 heteroatoms. The van der Waals surface area contributed by atoms with Crippen molar-refractivity contribution in [2.75, 3.05) is 0 Å². The Hall–Kier alpha value is -1.82. The summed E-state index contributed by atoms with van der Waals surface area (Å²) >= 11 is 0. The molecule has 19 heavy (non-hydrogen) atoms. The standard InChI is InChI=1S/C16H19NO2/c1-3-14-8-11(2)9-16(19-14)13-5-4-12(10-13)15(18)6-7-17/h8-9,12-13H,2-6,10H2,1H3. The summed E-state index contributed by atoms with van der Waals surface area (Å²) in [5.74, 6) is 2.27. The summed E-state index contributed by atoms with van der Waals surface area (Å²) in [7, 11) is 0. The predicted octanol–water partition coefficient (Wildman–Crippen LogP) is 3.65. The molecule has 0 saturated heterocycles. The first-order valence-electron chi connectivity index (χ1n) is 6.82. The van der Waals surface area contributed by atoms with Gasteiger partial charge in [-0.15, -0.1) is 0 Å². The Morgan fingerprint density at radius 3 is 3.00 bits per heavy atom. The second kappa shape index (κ2) is 5.88. The van der Waals surface area contributed by atoms with Gasteiger partial charge in [-0.25, -0.2) is 0 Å². The van der Waals surface area contributed by atoms with Gasteiger partial charge < -0.3 is 4.74 Å². The van der Waals surface area contributed by atoms with Gasteiger partial charge in [0.2, 0.25) is 0 Å². The maximum atomic E-state index is 11.7. The smallest absolute Gasteiger partial charge is 0.150 e. The fourth-order valence-electron chi connectivity index (χ4n) is 2.77. The summed E-state index contributed by atoms with van der Waals surface area (Å²) in [5, 5.41) is 8.59. The Balaban J connectivity index is 2.00. The van der Waals surface area contributed by atoms with Crippen LogP contribution >= 0.6 is 0 Å². The van der Waals surface area contributed by atoms with E-state index in [1.807, 2.05) is 18.2 Å². The van der Waals surface area contributed by atoms with E-state index in [0.717, 1.165) is 42.8 Å². The quantitative estimate of drug-likeness (QED) is 0.772. The number of ketones is 1. The molecule has 2 aliphatic rings. The molecule has 1 saturated carbocycles. The Morgan fingerprint density at radius 1 is 1.53 bits per heavy atom. The highest BCUT2D eigenvalue weighted by Crippen LogP contribution is 2.39. The molecule has 1 aliphatic carbocycles. The van der Waals surface area contributed by atoms with Gasteiger partial charge in [-0.1, -0.05) is 13.5 Å². The van der Waals surface area contributed by atoms with Gasteiger partial charge in [-0.05, 0) is 37.0 Å². The summed E-state index contributed by atoms with van der Waals surface area (Å²) in [6, 6.07) is 1.94. The van der Waals surface area contributed by atoms with Gasteiger partial charge >= 0.3 is 0 Å². The van der Waals surface area contributed by atoms with Gasteiger partial charge in [0.15, 0.2) is 0 Å². The molecule has 2 unspecified atom stereocenters. The van der Waals surface area contributed by atoms with E-state index in [4.69, 9.17) is 10.00 Å². The maximum absolute atomic E-state index is 11.7. The van der Waals surface area contributed by atoms with Crippen molar-refractivity contribution in [3.8, 4) is 6.07 Å². The third kappa shape index (κ3) is 3.14. The van der Waals surface area contributed by atoms with E-state index in [1.165, 1.54) is 0 Å². The average molecular weight is 257 g/mol. The zero-order chi connectivity index (χ0) is 13.8. The van der Waals surface area contributed by atoms with Crippen LogP contribution in [0.5, 0.6) is 0 Å². The molecule has 1 heterocycles. The topological polar surface area (TPSA) is 50.1 Å². The summed E-state index contributed by atoms with van der Waals surface area (Å²) in [5.41, 5.74) is 0.963. The van der Waals surface area contributed by atoms with Crippen LogP contribution in [0.25, 0.3) is 0 Å². The molecule has 0 radical (unpaired) electrons. The maximum Gasteiger partial charge on any atom is 0.150 e. The molecular formula is C16H19NO2. The van der Waals surface area contributed by atoms with Crippen molar-refractivity contribution in [3.63, 3.8) is 0 Å². The number of carbonyl (C=O) groups is 1. The normalized spacial score (nSPS) is 26.2. The molecule has 0 aromatic carbocycles. The second-order valence-corrected chi connectivity index (χ2v) is 5.20. The van der Waals surface area contributed by atoms with E-state index in [0.29, 0.717) is 5.92 Å². The number of carbonyl (C=O) groups excluding carboxylic acids is 1. The SMILES string of the molecule is C=C1C=C(CC)OC(C2CCC(C(=O)CC#N)C2)=C1. The Bertz CT molecular complexity index is 493. The lowest BCUT2D eigenvalue weighted by Crippen LogP contribution is -2.12. The van der Waals surface area contributed by atoms with Crippen molar-refractivity contribution in [1.82, 2.24) is 0 Å². The number of allylic oxidation sites excluding steroid dienone is 5. The van der Waals surface area contributed by atoms with Crippen LogP contribution in [0, 0.1) is 23.2 Å². The molecule has 0 aromatic heterocycles. The zero-order valence-corrected chi connectivity index (χ0v) is 11.3. The van der Waals surface area contributed by atoms with Gasteiger partial charge in [0.25, 0.3) is 0 Å². The lowest BCUT2D eigenvalue weighted by molar-refractivity contribution is -0.121. The average Bonchev–Trinajstić information content (AvgIpc) is 2.88. The van der Waals surface area contributed by atoms with E-state index >= 15 is 0 Å². The summed E-state index contributed by atoms with van der Waals surface area (Å²) in [6.07, 6.45) is 7.43. The number of nitrogens with zero attached hydrogens (tertiary/aromatic N) is 1. The Kier molecular flexibility index (Phi) is 4.21. The van der Waals surface area contributed by atoms with Gasteiger partial charge in [0, 0.05) is 18.3 Å². The molecule has 0 bridgehead atoms. The number of hydrogen-bond donors (Lipinski definition) is 0. The molecule has 1 aliphatic heterocycles. The fourth-order valence-corrected chi connectivity index (χ4v) is 2.77. The first-order chi connectivity index (χ1) is 9.13. The van der Waals surface area contributed by atoms with Crippen LogP contribution in [0.1, 0.15) is 39.0 Å². The molecule has 1 fully saturated rings. The molecule has 100 valence electrons. The first-order valence-corrected chi connectivity index (χ1v) is 6.82. The van der Waals surface area contributed by atoms with Crippen LogP contribution in [-0.2, 0) is 9.53 Å². The first kappa shape index (κ1) is 13.6. The fraction of sp³-hybridized carbons (Fsp3) is 0.500. The Labute approximate surface area is 114 Å². The van der Waals surface area contributed by atoms with Crippen LogP contribution in [0.15, 0.2) is 35.8 Å². The van der Waals surface area contributed by atoms with Crippen LogP contribution in [0.3, 0.4) is 0 Å². The molecular weight excluding hydrogens is 238 g/mol. The Morgan fingerprint density at radius 2 is 2.32 bits per heavy atom. The minimum Gasteiger partial charge on any atom is -0.466 e. The highest BCUT2D eigenvalue weighted by atomic mass is 16.5. The number of ether oxygens (including phenoxy) is 1. The van der Waals surface area contributed by atoms with Crippen LogP contribution in [0.2, 0.25) is 0 Å². The highest BCUT2D eigenvalue weighted by molar-refractivity contribution is 5.83. The van der Waals surface area contributed by atoms with Crippen LogP contribution in [-0.4, -0.2) is 5.78 Å². The highest BCUT2D eigenvalue weighted by Gasteiger charge is 2.33. The molecule has 0 spiro atoms. The number of rotatable bonds is 4. The number of hydrogen-bond acceptors (Lipinski definition) is 3. The van der Waals surface area contributed by atoms with Crippen LogP contribution in [0.4, 0.5) is 0 Å². The van der Waals surface area contributed by atoms with E-state index in [1.54, 1.807) is 0 Å². The minimum absolute atomic E-state index is 0.0263. The molecule has 2 atom stereocenters. The molecule has 0 N–H and O–H groups in total. The van der Waals surface area contributed by atoms with Gasteiger partial charge in [0.1, 0.15) is 17.3 Å². The summed E-state index contributed by atoms with van der Waals surface area (Å²) in [6.45, 7) is 6.03. The van der Waals surface area contributed by atoms with Crippen molar-refractivity contribution in [2.45, 2.75) is 39.0 Å². The van der Waals surface area contributed by atoms with Gasteiger partial charge in [0.05, 0.1) is 12.5 Å². The van der Waals surface area contributed by atoms with Gasteiger partial charge in [-0.3, -0.25) is 4.79 Å². The molecule has 0 amide bonds. The van der Waals surface area contributed by atoms with Gasteiger partial charge in [-0.2, -0.15) is 5.26 Å². The lowest BCUT2D eigenvalue weighted by atomic mass is 9.96. The number of nitriles is 1. The monoisotopic (exact) mass is 257 g/mol. The summed E-state index contributed by atoms with van der Waals surface area (Å²) < 4.78 is 5.86. The molecule has 0 aromatic rings. The summed E-state index contributed by atoms with van der Waals surface area (Å²) in [4.78, 5) is 11.7. The van der Waals surface area contributed by atoms with Crippen molar-refractivity contribution in [1.29, 1.82) is 5.26 Å². The minimum atomic E-state index is 0.0263. The predicted molar refractivity (Wildman–Crippen MR) is 72.8 cm³/mol. The lowest BCUT2D eigenvalue weighted by Gasteiger charge is -2.21. The largest absolute Gasteiger partial charge is 0.466 e. The molecule has 2 rings (SSSR count). The third-order valence-corrected chi connectivity index (χ3v) is 3.82. The van der Waals surface area contributed by atoms with Crippen molar-refractivity contribution >= 4 is 5.78 Å². The van der Waals surface area contributed by atoms with Crippen molar-refractivity contribution in [2.24, 2.45) is 11.8 Å². The van der Waals surface area contributed by atoms with Crippen LogP contribution < -0.4 is 0 Å². The van der Waals surface area contributed by atoms with E-state index in [9.17, 15) is 4.79 Å². The van der Waals surface area contributed by atoms with E-state index < -0.39 is 0 Å². The second-order valence-electron chi connectivity index (χ2n) is 5.20. The van der Waals surface area contributed by atoms with E-state index in [-0.39, 0.29) is 18.1 Å². The molecule has 3 nitrogen and oxygen atoms in total. The van der Waals surface area contributed by atoms with Crippen molar-refractivity contribution < 1.29 is 9.53 Å². The zero-order valence-electron chi connectivity index (χ0n) is 11.3. The third-order valence-electron chi connectivity index (χ3n) is 3.82. The number of Topliss-reactive ketones (excluding diaryl/α,β-unsaturated/α-hetero) is 1. The van der Waals surface area contributed by atoms with E-state index in [2.05, 4.69) is 13.5 Å².